The molecule has 0 aromatic rings. The summed E-state index contributed by atoms with van der Waals surface area (Å²) in [4.78, 5) is 0. The molecule has 0 fully saturated rings. The van der Waals surface area contributed by atoms with Crippen LogP contribution >= 0.6 is 0 Å². The van der Waals surface area contributed by atoms with Gasteiger partial charge in [0.2, 0.25) is 0 Å². The van der Waals surface area contributed by atoms with Crippen LogP contribution in [0.25, 0.3) is 0 Å². The molecule has 0 spiro atoms. The molecule has 0 aromatic carbocycles. The maximum Gasteiger partial charge on any atom is 0.497 e. The van der Waals surface area contributed by atoms with Crippen molar-refractivity contribution in [2.75, 3.05) is 14.2 Å². The Morgan fingerprint density at radius 1 is 0.593 bits per heavy atom. The first-order chi connectivity index (χ1) is 12.9. The van der Waals surface area contributed by atoms with Crippen LogP contribution in [-0.2, 0) is 13.3 Å². The Balaban J connectivity index is 3.42. The molecule has 164 valence electrons. The van der Waals surface area contributed by atoms with E-state index in [1.54, 1.807) is 14.2 Å². The van der Waals surface area contributed by atoms with Crippen molar-refractivity contribution in [3.8, 4) is 0 Å². The summed E-state index contributed by atoms with van der Waals surface area (Å²) >= 11 is 0. The zero-order valence-electron chi connectivity index (χ0n) is 19.5. The summed E-state index contributed by atoms with van der Waals surface area (Å²) in [7, 11) is 0.918. The van der Waals surface area contributed by atoms with Gasteiger partial charge in [-0.15, -0.1) is 0 Å². The van der Waals surface area contributed by atoms with E-state index in [1.807, 2.05) is 6.55 Å². The van der Waals surface area contributed by atoms with Gasteiger partial charge in [0.25, 0.3) is 0 Å². The second kappa shape index (κ2) is 17.0. The molecule has 0 rings (SSSR count). The molecule has 0 saturated carbocycles. The highest BCUT2D eigenvalue weighted by Gasteiger charge is 2.38. The van der Waals surface area contributed by atoms with Gasteiger partial charge in [-0.25, -0.2) is 0 Å². The Morgan fingerprint density at radius 2 is 0.926 bits per heavy atom. The van der Waals surface area contributed by atoms with Gasteiger partial charge in [-0.3, -0.25) is 0 Å². The van der Waals surface area contributed by atoms with Crippen molar-refractivity contribution in [2.45, 2.75) is 136 Å². The van der Waals surface area contributed by atoms with Crippen molar-refractivity contribution in [3.05, 3.63) is 0 Å². The van der Waals surface area contributed by atoms with Gasteiger partial charge < -0.3 is 13.3 Å². The van der Waals surface area contributed by atoms with Crippen LogP contribution in [-0.4, -0.2) is 28.6 Å². The molecule has 0 aliphatic carbocycles. The summed E-state index contributed by atoms with van der Waals surface area (Å²) in [5.74, 6) is 0. The lowest BCUT2D eigenvalue weighted by Crippen LogP contribution is -2.47. The Labute approximate surface area is 172 Å². The molecule has 0 heterocycles. The summed E-state index contributed by atoms with van der Waals surface area (Å²) in [6.45, 7) is 8.55. The fraction of sp³-hybridized carbons (Fsp3) is 1.00. The highest BCUT2D eigenvalue weighted by Crippen LogP contribution is 2.24. The standard InChI is InChI=1S/C23H50O3Si/c1-7-8-9-10-11-12-13-14-15-16-17-18-19-20-21-22-23(2,3)26-27(6,24-4)25-5/h7-22H2,1-6H3. The van der Waals surface area contributed by atoms with E-state index in [1.165, 1.54) is 96.3 Å². The topological polar surface area (TPSA) is 27.7 Å². The quantitative estimate of drug-likeness (QED) is 0.153. The van der Waals surface area contributed by atoms with Gasteiger partial charge in [-0.2, -0.15) is 0 Å². The predicted octanol–water partition coefficient (Wildman–Crippen LogP) is 7.90. The van der Waals surface area contributed by atoms with Crippen LogP contribution in [0.2, 0.25) is 6.55 Å². The third-order valence-corrected chi connectivity index (χ3v) is 7.99. The van der Waals surface area contributed by atoms with Crippen molar-refractivity contribution < 1.29 is 13.3 Å². The predicted molar refractivity (Wildman–Crippen MR) is 120 cm³/mol. The van der Waals surface area contributed by atoms with E-state index in [0.717, 1.165) is 6.42 Å². The van der Waals surface area contributed by atoms with E-state index < -0.39 is 8.80 Å². The molecule has 0 aliphatic heterocycles. The monoisotopic (exact) mass is 402 g/mol. The minimum absolute atomic E-state index is 0.163. The van der Waals surface area contributed by atoms with Gasteiger partial charge in [0, 0.05) is 20.8 Å². The number of hydrogen-bond donors (Lipinski definition) is 0. The molecule has 4 heteroatoms. The van der Waals surface area contributed by atoms with Crippen molar-refractivity contribution in [1.82, 2.24) is 0 Å². The van der Waals surface area contributed by atoms with Crippen LogP contribution in [0.5, 0.6) is 0 Å². The van der Waals surface area contributed by atoms with Gasteiger partial charge in [0.1, 0.15) is 0 Å². The SMILES string of the molecule is CCCCCCCCCCCCCCCCCC(C)(C)O[Si](C)(OC)OC. The molecule has 0 N–H and O–H groups in total. The highest BCUT2D eigenvalue weighted by atomic mass is 28.4. The summed E-state index contributed by atoms with van der Waals surface area (Å²) in [5.41, 5.74) is -0.163. The van der Waals surface area contributed by atoms with E-state index in [-0.39, 0.29) is 5.60 Å². The van der Waals surface area contributed by atoms with Crippen LogP contribution in [0, 0.1) is 0 Å². The Bertz CT molecular complexity index is 317. The first kappa shape index (κ1) is 27.1. The first-order valence-corrected chi connectivity index (χ1v) is 13.9. The average molecular weight is 403 g/mol. The van der Waals surface area contributed by atoms with Crippen molar-refractivity contribution in [1.29, 1.82) is 0 Å². The summed E-state index contributed by atoms with van der Waals surface area (Å²) < 4.78 is 17.0. The molecule has 0 aromatic heterocycles. The number of rotatable bonds is 20. The van der Waals surface area contributed by atoms with Gasteiger partial charge >= 0.3 is 8.80 Å². The molecule has 0 atom stereocenters. The van der Waals surface area contributed by atoms with Crippen LogP contribution in [0.1, 0.15) is 124 Å². The largest absolute Gasteiger partial charge is 0.497 e. The van der Waals surface area contributed by atoms with Crippen LogP contribution in [0.3, 0.4) is 0 Å². The van der Waals surface area contributed by atoms with Crippen LogP contribution in [0.4, 0.5) is 0 Å². The Kier molecular flexibility index (Phi) is 17.1. The van der Waals surface area contributed by atoms with Crippen molar-refractivity contribution in [2.24, 2.45) is 0 Å². The maximum atomic E-state index is 6.14. The van der Waals surface area contributed by atoms with Crippen LogP contribution < -0.4 is 0 Å². The number of unbranched alkanes of at least 4 members (excludes halogenated alkanes) is 14. The van der Waals surface area contributed by atoms with Crippen LogP contribution in [0.15, 0.2) is 0 Å². The molecule has 0 aliphatic rings. The van der Waals surface area contributed by atoms with Gasteiger partial charge in [-0.1, -0.05) is 103 Å². The second-order valence-electron chi connectivity index (χ2n) is 8.83. The normalized spacial score (nSPS) is 12.7. The Morgan fingerprint density at radius 3 is 1.26 bits per heavy atom. The fourth-order valence-electron chi connectivity index (χ4n) is 3.64. The average Bonchev–Trinajstić information content (AvgIpc) is 2.64. The lowest BCUT2D eigenvalue weighted by Gasteiger charge is -2.33. The molecular formula is C23H50O3Si. The maximum absolute atomic E-state index is 6.14. The van der Waals surface area contributed by atoms with E-state index >= 15 is 0 Å². The molecule has 0 radical (unpaired) electrons. The smallest absolute Gasteiger partial charge is 0.377 e. The minimum Gasteiger partial charge on any atom is -0.377 e. The van der Waals surface area contributed by atoms with E-state index in [2.05, 4.69) is 20.8 Å². The van der Waals surface area contributed by atoms with Gasteiger partial charge in [0.15, 0.2) is 0 Å². The molecule has 3 nitrogen and oxygen atoms in total. The van der Waals surface area contributed by atoms with Crippen molar-refractivity contribution in [3.63, 3.8) is 0 Å². The van der Waals surface area contributed by atoms with E-state index in [4.69, 9.17) is 13.3 Å². The van der Waals surface area contributed by atoms with Crippen molar-refractivity contribution >= 4 is 8.80 Å². The summed E-state index contributed by atoms with van der Waals surface area (Å²) in [6, 6.07) is 0. The zero-order valence-corrected chi connectivity index (χ0v) is 20.5. The molecule has 0 saturated heterocycles. The molecular weight excluding hydrogens is 352 g/mol. The minimum atomic E-state index is -2.44. The highest BCUT2D eigenvalue weighted by molar-refractivity contribution is 6.59. The van der Waals surface area contributed by atoms with E-state index in [9.17, 15) is 0 Å². The first-order valence-electron chi connectivity index (χ1n) is 11.7. The lowest BCUT2D eigenvalue weighted by molar-refractivity contribution is 0.00340. The zero-order chi connectivity index (χ0) is 20.4. The van der Waals surface area contributed by atoms with E-state index in [0.29, 0.717) is 0 Å². The fourth-order valence-corrected chi connectivity index (χ4v) is 5.08. The molecule has 0 unspecified atom stereocenters. The molecule has 0 bridgehead atoms. The summed E-state index contributed by atoms with van der Waals surface area (Å²) in [6.07, 6.45) is 22.1. The lowest BCUT2D eigenvalue weighted by atomic mass is 9.99. The van der Waals surface area contributed by atoms with Gasteiger partial charge in [0.05, 0.1) is 5.60 Å². The molecule has 27 heavy (non-hydrogen) atoms. The Hall–Kier alpha value is 0.0969. The third-order valence-electron chi connectivity index (χ3n) is 5.59. The molecule has 0 amide bonds. The van der Waals surface area contributed by atoms with Gasteiger partial charge in [-0.05, 0) is 20.3 Å². The summed E-state index contributed by atoms with van der Waals surface area (Å²) in [5, 5.41) is 0. The third kappa shape index (κ3) is 16.7. The second-order valence-corrected chi connectivity index (χ2v) is 11.6. The number of hydrogen-bond acceptors (Lipinski definition) is 3.